The van der Waals surface area contributed by atoms with E-state index < -0.39 is 0 Å². The molecule has 0 bridgehead atoms. The number of hydrogen-bond acceptors (Lipinski definition) is 11. The van der Waals surface area contributed by atoms with Crippen molar-refractivity contribution in [3.63, 3.8) is 0 Å². The molecule has 6 rings (SSSR count). The highest BCUT2D eigenvalue weighted by molar-refractivity contribution is 6.36. The van der Waals surface area contributed by atoms with Crippen molar-refractivity contribution in [2.75, 3.05) is 74.6 Å². The van der Waals surface area contributed by atoms with E-state index in [4.69, 9.17) is 27.2 Å². The number of anilines is 4. The van der Waals surface area contributed by atoms with Crippen LogP contribution in [0.2, 0.25) is 5.02 Å². The molecule has 4 heterocycles. The Labute approximate surface area is 236 Å². The lowest BCUT2D eigenvalue weighted by Crippen LogP contribution is -2.52. The first-order chi connectivity index (χ1) is 19.5. The van der Waals surface area contributed by atoms with Crippen molar-refractivity contribution in [1.29, 1.82) is 10.8 Å². The maximum absolute atomic E-state index is 12.9. The van der Waals surface area contributed by atoms with E-state index in [9.17, 15) is 4.79 Å². The van der Waals surface area contributed by atoms with Crippen LogP contribution < -0.4 is 15.5 Å². The van der Waals surface area contributed by atoms with Gasteiger partial charge in [0.1, 0.15) is 5.69 Å². The van der Waals surface area contributed by atoms with Gasteiger partial charge in [0.15, 0.2) is 11.5 Å². The normalized spacial score (nSPS) is 18.1. The van der Waals surface area contributed by atoms with E-state index in [1.54, 1.807) is 16.8 Å². The van der Waals surface area contributed by atoms with E-state index in [-0.39, 0.29) is 5.91 Å². The van der Waals surface area contributed by atoms with Crippen LogP contribution in [-0.4, -0.2) is 113 Å². The van der Waals surface area contributed by atoms with Crippen molar-refractivity contribution in [3.8, 4) is 0 Å². The fourth-order valence-electron chi connectivity index (χ4n) is 4.97. The molecular formula is C26H32ClN11O2. The minimum atomic E-state index is 0.134. The molecule has 2 aliphatic heterocycles. The Morgan fingerprint density at radius 3 is 2.58 bits per heavy atom. The average molecular weight is 566 g/mol. The molecule has 0 atom stereocenters. The number of hydrogen-bond donors (Lipinski definition) is 4. The van der Waals surface area contributed by atoms with Gasteiger partial charge in [-0.3, -0.25) is 9.69 Å². The molecule has 1 amide bonds. The number of fused-ring (bicyclic) bond motifs is 1. The first-order valence-corrected chi connectivity index (χ1v) is 13.9. The molecule has 3 aliphatic rings. The zero-order chi connectivity index (χ0) is 27.6. The molecule has 13 nitrogen and oxygen atoms in total. The molecule has 40 heavy (non-hydrogen) atoms. The van der Waals surface area contributed by atoms with E-state index in [0.717, 1.165) is 31.6 Å². The molecule has 0 unspecified atom stereocenters. The van der Waals surface area contributed by atoms with Crippen LogP contribution >= 0.6 is 11.6 Å². The largest absolute Gasteiger partial charge is 0.379 e. The third-order valence-electron chi connectivity index (χ3n) is 7.38. The van der Waals surface area contributed by atoms with E-state index in [1.807, 2.05) is 11.0 Å². The summed E-state index contributed by atoms with van der Waals surface area (Å²) in [7, 11) is 0. The Kier molecular flexibility index (Phi) is 7.50. The molecule has 14 heteroatoms. The van der Waals surface area contributed by atoms with Gasteiger partial charge in [0.05, 0.1) is 42.4 Å². The fourth-order valence-corrected chi connectivity index (χ4v) is 5.25. The number of piperazine rings is 1. The summed E-state index contributed by atoms with van der Waals surface area (Å²) in [5, 5.41) is 27.3. The van der Waals surface area contributed by atoms with E-state index in [1.165, 1.54) is 12.4 Å². The lowest BCUT2D eigenvalue weighted by Gasteiger charge is -2.38. The minimum Gasteiger partial charge on any atom is -0.379 e. The number of aromatic nitrogens is 4. The maximum Gasteiger partial charge on any atom is 0.247 e. The topological polar surface area (TPSA) is 151 Å². The average Bonchev–Trinajstić information content (AvgIpc) is 3.70. The number of imidazole rings is 1. The lowest BCUT2D eigenvalue weighted by molar-refractivity contribution is -0.133. The second-order valence-corrected chi connectivity index (χ2v) is 10.6. The van der Waals surface area contributed by atoms with Crippen LogP contribution in [0.15, 0.2) is 18.3 Å². The number of nitrogens with zero attached hydrogens (tertiary/aromatic N) is 7. The van der Waals surface area contributed by atoms with Crippen molar-refractivity contribution in [1.82, 2.24) is 29.4 Å². The van der Waals surface area contributed by atoms with Crippen molar-refractivity contribution in [3.05, 3.63) is 34.6 Å². The molecule has 1 aromatic carbocycles. The quantitative estimate of drug-likeness (QED) is 0.286. The number of carbonyl (C=O) groups is 1. The molecular weight excluding hydrogens is 534 g/mol. The molecule has 2 aromatic heterocycles. The predicted octanol–water partition coefficient (Wildman–Crippen LogP) is 2.07. The number of morpholine rings is 1. The lowest BCUT2D eigenvalue weighted by atomic mass is 10.1. The zero-order valence-corrected chi connectivity index (χ0v) is 22.8. The standard InChI is InChI=1S/C26H32ClN11O2/c27-23-20(32-26-33-24(31-18-1-2-18)25-30-15-19(14-29)38(25)34-26)11-17(13-28)12-21(23)36-3-5-37(6-4-36)22(39)16-35-7-9-40-10-8-35/h11-15,18,28-29H,1-10,16H2,(H2,31,32,33,34). The highest BCUT2D eigenvalue weighted by Gasteiger charge is 2.27. The maximum atomic E-state index is 12.9. The van der Waals surface area contributed by atoms with Crippen LogP contribution in [0.4, 0.5) is 23.1 Å². The van der Waals surface area contributed by atoms with Crippen LogP contribution in [0.1, 0.15) is 24.1 Å². The van der Waals surface area contributed by atoms with Gasteiger partial charge in [-0.05, 0) is 30.5 Å². The Balaban J connectivity index is 1.21. The minimum absolute atomic E-state index is 0.134. The Morgan fingerprint density at radius 1 is 1.10 bits per heavy atom. The zero-order valence-electron chi connectivity index (χ0n) is 22.1. The summed E-state index contributed by atoms with van der Waals surface area (Å²) in [4.78, 5) is 28.1. The van der Waals surface area contributed by atoms with Gasteiger partial charge < -0.3 is 36.0 Å². The summed E-state index contributed by atoms with van der Waals surface area (Å²) in [6.45, 7) is 5.78. The molecule has 210 valence electrons. The van der Waals surface area contributed by atoms with Crippen molar-refractivity contribution in [2.24, 2.45) is 0 Å². The monoisotopic (exact) mass is 565 g/mol. The predicted molar refractivity (Wildman–Crippen MR) is 154 cm³/mol. The van der Waals surface area contributed by atoms with E-state index in [0.29, 0.717) is 91.4 Å². The third kappa shape index (κ3) is 5.58. The Bertz CT molecular complexity index is 1430. The van der Waals surface area contributed by atoms with Crippen LogP contribution in [0, 0.1) is 10.8 Å². The molecule has 3 fully saturated rings. The first-order valence-electron chi connectivity index (χ1n) is 13.5. The molecule has 1 aliphatic carbocycles. The van der Waals surface area contributed by atoms with Crippen LogP contribution in [-0.2, 0) is 9.53 Å². The number of rotatable bonds is 9. The summed E-state index contributed by atoms with van der Waals surface area (Å²) in [6, 6.07) is 4.02. The van der Waals surface area contributed by atoms with Gasteiger partial charge in [0, 0.05) is 57.7 Å². The SMILES string of the molecule is N=Cc1cc(Nc2nc(NC3CC3)c3ncc(C=N)n3n2)c(Cl)c(N2CCN(C(=O)CN3CCOCC3)CC2)c1. The van der Waals surface area contributed by atoms with Gasteiger partial charge in [0.2, 0.25) is 11.9 Å². The number of carbonyl (C=O) groups excluding carboxylic acids is 1. The molecule has 1 saturated carbocycles. The number of nitrogens with one attached hydrogen (secondary N) is 4. The first kappa shape index (κ1) is 26.4. The van der Waals surface area contributed by atoms with Gasteiger partial charge >= 0.3 is 0 Å². The van der Waals surface area contributed by atoms with Crippen molar-refractivity contribution < 1.29 is 9.53 Å². The third-order valence-corrected chi connectivity index (χ3v) is 7.78. The summed E-state index contributed by atoms with van der Waals surface area (Å²) in [6.07, 6.45) is 6.20. The van der Waals surface area contributed by atoms with Crippen LogP contribution in [0.5, 0.6) is 0 Å². The Hall–Kier alpha value is -3.81. The van der Waals surface area contributed by atoms with Crippen LogP contribution in [0.3, 0.4) is 0 Å². The van der Waals surface area contributed by atoms with Gasteiger partial charge in [-0.15, -0.1) is 5.10 Å². The molecule has 0 radical (unpaired) electrons. The molecule has 0 spiro atoms. The second kappa shape index (κ2) is 11.4. The van der Waals surface area contributed by atoms with E-state index in [2.05, 4.69) is 35.5 Å². The molecule has 4 N–H and O–H groups in total. The number of amides is 1. The number of benzene rings is 1. The van der Waals surface area contributed by atoms with Gasteiger partial charge in [-0.25, -0.2) is 9.50 Å². The van der Waals surface area contributed by atoms with Crippen molar-refractivity contribution >= 4 is 58.7 Å². The summed E-state index contributed by atoms with van der Waals surface area (Å²) in [5.41, 5.74) is 3.10. The fraction of sp³-hybridized carbons (Fsp3) is 0.462. The summed E-state index contributed by atoms with van der Waals surface area (Å²) in [5.74, 6) is 1.02. The number of ether oxygens (including phenoxy) is 1. The summed E-state index contributed by atoms with van der Waals surface area (Å²) < 4.78 is 6.96. The molecule has 3 aromatic rings. The molecule has 2 saturated heterocycles. The highest BCUT2D eigenvalue weighted by Crippen LogP contribution is 2.36. The van der Waals surface area contributed by atoms with E-state index >= 15 is 0 Å². The van der Waals surface area contributed by atoms with Crippen molar-refractivity contribution in [2.45, 2.75) is 18.9 Å². The number of halogens is 1. The Morgan fingerprint density at radius 2 is 1.88 bits per heavy atom. The smallest absolute Gasteiger partial charge is 0.247 e. The van der Waals surface area contributed by atoms with Gasteiger partial charge in [-0.2, -0.15) is 4.98 Å². The van der Waals surface area contributed by atoms with Gasteiger partial charge in [0.25, 0.3) is 0 Å². The van der Waals surface area contributed by atoms with Gasteiger partial charge in [-0.1, -0.05) is 11.6 Å². The summed E-state index contributed by atoms with van der Waals surface area (Å²) >= 11 is 6.93. The second-order valence-electron chi connectivity index (χ2n) is 10.2. The van der Waals surface area contributed by atoms with Crippen LogP contribution in [0.25, 0.3) is 5.65 Å². The highest BCUT2D eigenvalue weighted by atomic mass is 35.5.